The van der Waals surface area contributed by atoms with E-state index in [-0.39, 0.29) is 33.7 Å². The fourth-order valence-corrected chi connectivity index (χ4v) is 4.71. The van der Waals surface area contributed by atoms with Gasteiger partial charge in [-0.25, -0.2) is 4.79 Å². The quantitative estimate of drug-likeness (QED) is 0.129. The summed E-state index contributed by atoms with van der Waals surface area (Å²) >= 11 is 0. The van der Waals surface area contributed by atoms with Gasteiger partial charge in [-0.2, -0.15) is 0 Å². The van der Waals surface area contributed by atoms with Gasteiger partial charge in [-0.1, -0.05) is 104 Å². The molecule has 5 rings (SSSR count). The summed E-state index contributed by atoms with van der Waals surface area (Å²) in [5, 5.41) is 8.56. The molecule has 48 heavy (non-hydrogen) atoms. The van der Waals surface area contributed by atoms with Crippen LogP contribution in [0.2, 0.25) is 0 Å². The lowest BCUT2D eigenvalue weighted by atomic mass is 10.0. The summed E-state index contributed by atoms with van der Waals surface area (Å²) in [7, 11) is 0. The highest BCUT2D eigenvalue weighted by molar-refractivity contribution is 6.18. The summed E-state index contributed by atoms with van der Waals surface area (Å²) < 4.78 is 5.81. The van der Waals surface area contributed by atoms with Crippen molar-refractivity contribution in [3.8, 4) is 5.75 Å². The fourth-order valence-electron chi connectivity index (χ4n) is 4.71. The number of rotatable bonds is 0. The Balaban J connectivity index is 0.00000134. The predicted molar refractivity (Wildman–Crippen MR) is 199 cm³/mol. The van der Waals surface area contributed by atoms with Crippen molar-refractivity contribution in [2.75, 3.05) is 16.0 Å². The van der Waals surface area contributed by atoms with Crippen molar-refractivity contribution in [3.05, 3.63) is 117 Å². The average molecular weight is 654 g/mol. The largest absolute Gasteiger partial charge is 0.422 e. The van der Waals surface area contributed by atoms with Crippen LogP contribution in [0.15, 0.2) is 72.8 Å². The van der Waals surface area contributed by atoms with Gasteiger partial charge in [-0.15, -0.1) is 0 Å². The van der Waals surface area contributed by atoms with E-state index in [4.69, 9.17) is 4.74 Å². The minimum Gasteiger partial charge on any atom is -0.422 e. The van der Waals surface area contributed by atoms with Gasteiger partial charge in [0, 0.05) is 0 Å². The third kappa shape index (κ3) is 9.41. The Kier molecular flexibility index (Phi) is 17.1. The third-order valence-electron chi connectivity index (χ3n) is 6.89. The number of amides is 3. The molecule has 1 heterocycles. The van der Waals surface area contributed by atoms with Crippen molar-refractivity contribution in [2.24, 2.45) is 0 Å². The zero-order valence-corrected chi connectivity index (χ0v) is 30.5. The first-order valence-corrected chi connectivity index (χ1v) is 16.7. The molecule has 0 saturated heterocycles. The maximum atomic E-state index is 13.6. The van der Waals surface area contributed by atoms with Crippen LogP contribution < -0.4 is 20.7 Å². The monoisotopic (exact) mass is 653 g/mol. The van der Waals surface area contributed by atoms with E-state index in [1.54, 1.807) is 100 Å². The summed E-state index contributed by atoms with van der Waals surface area (Å²) in [6.45, 7) is 23.0. The molecule has 0 fully saturated rings. The topological polar surface area (TPSA) is 114 Å². The van der Waals surface area contributed by atoms with Crippen molar-refractivity contribution in [2.45, 2.75) is 83.1 Å². The number of anilines is 3. The van der Waals surface area contributed by atoms with E-state index in [9.17, 15) is 19.2 Å². The zero-order chi connectivity index (χ0) is 36.6. The first kappa shape index (κ1) is 40.8. The number of fused-ring (bicyclic) bond motifs is 4. The van der Waals surface area contributed by atoms with Crippen LogP contribution in [0.4, 0.5) is 17.1 Å². The summed E-state index contributed by atoms with van der Waals surface area (Å²) in [4.78, 5) is 54.3. The van der Waals surface area contributed by atoms with E-state index in [0.717, 1.165) is 0 Å². The van der Waals surface area contributed by atoms with Crippen LogP contribution in [0.1, 0.15) is 119 Å². The molecule has 8 nitrogen and oxygen atoms in total. The number of benzene rings is 4. The summed E-state index contributed by atoms with van der Waals surface area (Å²) in [5.41, 5.74) is 4.06. The number of para-hydroxylation sites is 4. The lowest BCUT2D eigenvalue weighted by Gasteiger charge is -2.20. The van der Waals surface area contributed by atoms with Crippen LogP contribution in [0.25, 0.3) is 0 Å². The molecule has 4 aromatic rings. The Morgan fingerprint density at radius 1 is 0.396 bits per heavy atom. The van der Waals surface area contributed by atoms with Crippen LogP contribution in [-0.4, -0.2) is 23.7 Å². The van der Waals surface area contributed by atoms with Gasteiger partial charge >= 0.3 is 5.97 Å². The molecular weight excluding hydrogens is 602 g/mol. The Labute approximate surface area is 286 Å². The number of aryl methyl sites for hydroxylation is 4. The predicted octanol–water partition coefficient (Wildman–Crippen LogP) is 10.3. The normalized spacial score (nSPS) is 11.8. The number of carbonyl (C=O) groups is 4. The van der Waals surface area contributed by atoms with Crippen LogP contribution >= 0.6 is 0 Å². The van der Waals surface area contributed by atoms with Gasteiger partial charge in [0.2, 0.25) is 0 Å². The van der Waals surface area contributed by atoms with E-state index >= 15 is 0 Å². The van der Waals surface area contributed by atoms with Crippen molar-refractivity contribution >= 4 is 40.8 Å². The summed E-state index contributed by atoms with van der Waals surface area (Å²) in [6.07, 6.45) is 0. The van der Waals surface area contributed by atoms with E-state index in [1.165, 1.54) is 0 Å². The van der Waals surface area contributed by atoms with Crippen LogP contribution in [0, 0.1) is 27.7 Å². The number of hydrogen-bond donors (Lipinski definition) is 3. The number of nitrogens with one attached hydrogen (secondary N) is 3. The highest BCUT2D eigenvalue weighted by Crippen LogP contribution is 2.31. The molecule has 3 N–H and O–H groups in total. The lowest BCUT2D eigenvalue weighted by molar-refractivity contribution is 0.0732. The van der Waals surface area contributed by atoms with Gasteiger partial charge in [-0.3, -0.25) is 14.4 Å². The SMILES string of the molecule is CC.CC.CC.CC.Cc1cccc2c1NC(=O)c1cccc(C)c1NC(=O)c1cccc(C)c1OC(=O)c1cccc(C)c1NC2=O. The minimum absolute atomic E-state index is 0.0800. The molecule has 0 spiro atoms. The molecule has 0 atom stereocenters. The van der Waals surface area contributed by atoms with Crippen LogP contribution in [-0.2, 0) is 0 Å². The molecule has 1 aliphatic heterocycles. The van der Waals surface area contributed by atoms with Gasteiger partial charge in [0.25, 0.3) is 17.7 Å². The Morgan fingerprint density at radius 2 is 0.688 bits per heavy atom. The van der Waals surface area contributed by atoms with Gasteiger partial charge in [0.15, 0.2) is 0 Å². The molecule has 0 saturated carbocycles. The average Bonchev–Trinajstić information content (AvgIpc) is 3.11. The molecule has 0 bridgehead atoms. The Morgan fingerprint density at radius 3 is 1.08 bits per heavy atom. The number of carbonyl (C=O) groups excluding carboxylic acids is 4. The van der Waals surface area contributed by atoms with E-state index in [1.807, 2.05) is 55.4 Å². The highest BCUT2D eigenvalue weighted by Gasteiger charge is 2.26. The zero-order valence-electron chi connectivity index (χ0n) is 30.5. The Bertz CT molecular complexity index is 1470. The second-order valence-electron chi connectivity index (χ2n) is 9.70. The lowest BCUT2D eigenvalue weighted by Crippen LogP contribution is -2.24. The maximum Gasteiger partial charge on any atom is 0.345 e. The molecule has 1 aliphatic rings. The number of ether oxygens (including phenoxy) is 1. The highest BCUT2D eigenvalue weighted by atomic mass is 16.5. The van der Waals surface area contributed by atoms with Gasteiger partial charge in [-0.05, 0) is 74.2 Å². The Hall–Kier alpha value is -5.24. The standard InChI is InChI=1S/C32H27N3O5.4C2H6/c1-17-9-5-13-21-25(17)33-29(36)22-14-6-10-18(2)26(22)34-31(38)24-16-8-12-20(4)28(24)40-32(39)23-15-7-11-19(3)27(23)35-30(21)37;4*1-2/h5-16H,1-4H3,(H,33,36)(H,34,38)(H,35,37);4*1-2H3. The fraction of sp³-hybridized carbons (Fsp3) is 0.300. The molecule has 8 heteroatoms. The maximum absolute atomic E-state index is 13.6. The van der Waals surface area contributed by atoms with Gasteiger partial charge in [0.1, 0.15) is 5.75 Å². The van der Waals surface area contributed by atoms with Crippen molar-refractivity contribution in [1.29, 1.82) is 0 Å². The number of hydrogen-bond acceptors (Lipinski definition) is 5. The molecule has 0 unspecified atom stereocenters. The molecule has 4 aromatic carbocycles. The second kappa shape index (κ2) is 20.1. The molecule has 0 aromatic heterocycles. The summed E-state index contributed by atoms with van der Waals surface area (Å²) in [5.74, 6) is -2.21. The van der Waals surface area contributed by atoms with E-state index in [2.05, 4.69) is 16.0 Å². The van der Waals surface area contributed by atoms with Crippen molar-refractivity contribution in [3.63, 3.8) is 0 Å². The van der Waals surface area contributed by atoms with E-state index < -0.39 is 23.7 Å². The molecule has 0 radical (unpaired) electrons. The minimum atomic E-state index is -0.733. The molecular formula is C40H51N3O5. The molecule has 3 amide bonds. The van der Waals surface area contributed by atoms with Crippen molar-refractivity contribution in [1.82, 2.24) is 0 Å². The van der Waals surface area contributed by atoms with Gasteiger partial charge < -0.3 is 20.7 Å². The van der Waals surface area contributed by atoms with E-state index in [0.29, 0.717) is 33.6 Å². The van der Waals surface area contributed by atoms with Crippen LogP contribution in [0.3, 0.4) is 0 Å². The molecule has 256 valence electrons. The third-order valence-corrected chi connectivity index (χ3v) is 6.89. The first-order valence-electron chi connectivity index (χ1n) is 16.7. The van der Waals surface area contributed by atoms with Crippen LogP contribution in [0.5, 0.6) is 5.75 Å². The van der Waals surface area contributed by atoms with Crippen molar-refractivity contribution < 1.29 is 23.9 Å². The summed E-state index contributed by atoms with van der Waals surface area (Å²) in [6, 6.07) is 20.1. The second-order valence-corrected chi connectivity index (χ2v) is 9.70. The smallest absolute Gasteiger partial charge is 0.345 e. The van der Waals surface area contributed by atoms with Gasteiger partial charge in [0.05, 0.1) is 39.3 Å². The molecule has 0 aliphatic carbocycles. The first-order chi connectivity index (χ1) is 23.2. The number of esters is 1.